The lowest BCUT2D eigenvalue weighted by Gasteiger charge is -2.27. The molecule has 0 atom stereocenters. The van der Waals surface area contributed by atoms with Gasteiger partial charge in [0.05, 0.1) is 16.1 Å². The Bertz CT molecular complexity index is 922. The molecular formula is C17H15ClN4OS. The second-order valence-corrected chi connectivity index (χ2v) is 6.86. The number of thioether (sulfide) groups is 1. The molecule has 1 N–H and O–H groups in total. The highest BCUT2D eigenvalue weighted by Gasteiger charge is 2.25. The van der Waals surface area contributed by atoms with Crippen LogP contribution >= 0.6 is 23.4 Å². The highest BCUT2D eigenvalue weighted by molar-refractivity contribution is 7.98. The Morgan fingerprint density at radius 2 is 2.12 bits per heavy atom. The number of aromatic nitrogens is 3. The van der Waals surface area contributed by atoms with Crippen LogP contribution in [0.15, 0.2) is 35.7 Å². The van der Waals surface area contributed by atoms with Gasteiger partial charge in [0.2, 0.25) is 0 Å². The van der Waals surface area contributed by atoms with Crippen LogP contribution in [0, 0.1) is 0 Å². The van der Waals surface area contributed by atoms with Gasteiger partial charge in [0.25, 0.3) is 5.91 Å². The van der Waals surface area contributed by atoms with Crippen LogP contribution in [0.5, 0.6) is 0 Å². The summed E-state index contributed by atoms with van der Waals surface area (Å²) in [5.74, 6) is -0.0373. The lowest BCUT2D eigenvalue weighted by Crippen LogP contribution is -2.35. The van der Waals surface area contributed by atoms with Crippen molar-refractivity contribution in [2.75, 3.05) is 12.8 Å². The van der Waals surface area contributed by atoms with E-state index >= 15 is 0 Å². The fraction of sp³-hybridized carbons (Fsp3) is 0.235. The predicted molar refractivity (Wildman–Crippen MR) is 95.6 cm³/mol. The van der Waals surface area contributed by atoms with E-state index in [1.807, 2.05) is 29.4 Å². The summed E-state index contributed by atoms with van der Waals surface area (Å²) in [6, 6.07) is 5.86. The summed E-state index contributed by atoms with van der Waals surface area (Å²) in [4.78, 5) is 26.4. The van der Waals surface area contributed by atoms with Crippen LogP contribution in [0.4, 0.5) is 0 Å². The zero-order valence-corrected chi connectivity index (χ0v) is 14.6. The number of carbonyl (C=O) groups excluding carboxylic acids is 1. The smallest absolute Gasteiger partial charge is 0.257 e. The Kier molecular flexibility index (Phi) is 3.94. The maximum Gasteiger partial charge on any atom is 0.257 e. The average Bonchev–Trinajstić information content (AvgIpc) is 3.00. The molecule has 0 bridgehead atoms. The first-order valence-electron chi connectivity index (χ1n) is 7.60. The SMILES string of the molecule is CSc1ncc(C(=O)N2CCc3[nH]c4c(Cl)cccc4c3C2)cn1. The number of rotatable bonds is 2. The highest BCUT2D eigenvalue weighted by atomic mass is 35.5. The quantitative estimate of drug-likeness (QED) is 0.562. The van der Waals surface area contributed by atoms with Crippen LogP contribution in [0.25, 0.3) is 10.9 Å². The summed E-state index contributed by atoms with van der Waals surface area (Å²) in [6.45, 7) is 1.24. The topological polar surface area (TPSA) is 61.9 Å². The van der Waals surface area contributed by atoms with Crippen molar-refractivity contribution in [3.05, 3.63) is 52.4 Å². The second-order valence-electron chi connectivity index (χ2n) is 5.68. The van der Waals surface area contributed by atoms with E-state index in [1.54, 1.807) is 12.4 Å². The summed E-state index contributed by atoms with van der Waals surface area (Å²) >= 11 is 7.73. The number of H-pyrrole nitrogens is 1. The standard InChI is InChI=1S/C17H15ClN4OS/c1-24-17-19-7-10(8-20-17)16(23)22-6-5-14-12(9-22)11-3-2-4-13(18)15(11)21-14/h2-4,7-8,21H,5-6,9H2,1H3. The maximum absolute atomic E-state index is 12.7. The van der Waals surface area contributed by atoms with Crippen molar-refractivity contribution < 1.29 is 4.79 Å². The lowest BCUT2D eigenvalue weighted by molar-refractivity contribution is 0.0734. The molecule has 4 rings (SSSR count). The van der Waals surface area contributed by atoms with Crippen molar-refractivity contribution in [3.8, 4) is 0 Å². The zero-order chi connectivity index (χ0) is 16.7. The molecule has 24 heavy (non-hydrogen) atoms. The van der Waals surface area contributed by atoms with Gasteiger partial charge in [0.15, 0.2) is 5.16 Å². The molecule has 0 aliphatic carbocycles. The molecule has 1 aromatic carbocycles. The summed E-state index contributed by atoms with van der Waals surface area (Å²) in [5, 5.41) is 2.46. The van der Waals surface area contributed by atoms with E-state index in [0.29, 0.717) is 28.8 Å². The van der Waals surface area contributed by atoms with E-state index in [2.05, 4.69) is 15.0 Å². The molecule has 0 saturated heterocycles. The van der Waals surface area contributed by atoms with Gasteiger partial charge >= 0.3 is 0 Å². The molecule has 0 fully saturated rings. The van der Waals surface area contributed by atoms with Gasteiger partial charge < -0.3 is 9.88 Å². The molecule has 0 spiro atoms. The van der Waals surface area contributed by atoms with Crippen LogP contribution in [0.1, 0.15) is 21.6 Å². The Labute approximate surface area is 148 Å². The highest BCUT2D eigenvalue weighted by Crippen LogP contribution is 2.31. The van der Waals surface area contributed by atoms with Gasteiger partial charge in [-0.05, 0) is 12.3 Å². The molecule has 0 unspecified atom stereocenters. The fourth-order valence-corrected chi connectivity index (χ4v) is 3.63. The normalized spacial score (nSPS) is 14.0. The number of hydrogen-bond donors (Lipinski definition) is 1. The van der Waals surface area contributed by atoms with Gasteiger partial charge in [-0.15, -0.1) is 0 Å². The Hall–Kier alpha value is -2.05. The minimum atomic E-state index is -0.0373. The fourth-order valence-electron chi connectivity index (χ4n) is 3.09. The van der Waals surface area contributed by atoms with E-state index in [0.717, 1.165) is 28.6 Å². The molecule has 3 heterocycles. The number of benzene rings is 1. The van der Waals surface area contributed by atoms with Crippen LogP contribution in [-0.4, -0.2) is 38.6 Å². The third-order valence-electron chi connectivity index (χ3n) is 4.30. The summed E-state index contributed by atoms with van der Waals surface area (Å²) in [6.07, 6.45) is 5.90. The first-order valence-corrected chi connectivity index (χ1v) is 9.21. The molecule has 7 heteroatoms. The number of halogens is 1. The zero-order valence-electron chi connectivity index (χ0n) is 13.0. The molecule has 1 aliphatic heterocycles. The van der Waals surface area contributed by atoms with Crippen molar-refractivity contribution in [3.63, 3.8) is 0 Å². The van der Waals surface area contributed by atoms with Gasteiger partial charge in [-0.2, -0.15) is 0 Å². The van der Waals surface area contributed by atoms with Gasteiger partial charge in [0.1, 0.15) is 0 Å². The monoisotopic (exact) mass is 358 g/mol. The van der Waals surface area contributed by atoms with E-state index in [9.17, 15) is 4.79 Å². The van der Waals surface area contributed by atoms with Crippen LogP contribution in [0.2, 0.25) is 5.02 Å². The van der Waals surface area contributed by atoms with Crippen LogP contribution < -0.4 is 0 Å². The molecule has 0 saturated carbocycles. The number of para-hydroxylation sites is 1. The minimum absolute atomic E-state index is 0.0373. The van der Waals surface area contributed by atoms with Gasteiger partial charge in [-0.25, -0.2) is 9.97 Å². The number of nitrogens with one attached hydrogen (secondary N) is 1. The van der Waals surface area contributed by atoms with Gasteiger partial charge in [-0.3, -0.25) is 4.79 Å². The van der Waals surface area contributed by atoms with Gasteiger partial charge in [0, 0.05) is 48.5 Å². The van der Waals surface area contributed by atoms with E-state index < -0.39 is 0 Å². The number of nitrogens with zero attached hydrogens (tertiary/aromatic N) is 3. The number of amides is 1. The molecule has 1 aliphatic rings. The molecule has 1 amide bonds. The second kappa shape index (κ2) is 6.11. The molecule has 122 valence electrons. The first-order chi connectivity index (χ1) is 11.7. The average molecular weight is 359 g/mol. The van der Waals surface area contributed by atoms with Crippen molar-refractivity contribution >= 4 is 40.2 Å². The number of carbonyl (C=O) groups is 1. The summed E-state index contributed by atoms with van der Waals surface area (Å²) in [5.41, 5.74) is 3.78. The molecule has 3 aromatic rings. The Balaban J connectivity index is 1.64. The third kappa shape index (κ3) is 2.56. The van der Waals surface area contributed by atoms with Crippen molar-refractivity contribution in [1.82, 2.24) is 19.9 Å². The predicted octanol–water partition coefficient (Wildman–Crippen LogP) is 3.53. The largest absolute Gasteiger partial charge is 0.357 e. The van der Waals surface area contributed by atoms with Crippen LogP contribution in [0.3, 0.4) is 0 Å². The maximum atomic E-state index is 12.7. The number of fused-ring (bicyclic) bond motifs is 3. The third-order valence-corrected chi connectivity index (χ3v) is 5.20. The first kappa shape index (κ1) is 15.5. The van der Waals surface area contributed by atoms with Crippen molar-refractivity contribution in [2.24, 2.45) is 0 Å². The Morgan fingerprint density at radius 1 is 1.33 bits per heavy atom. The van der Waals surface area contributed by atoms with Crippen LogP contribution in [-0.2, 0) is 13.0 Å². The molecule has 0 radical (unpaired) electrons. The number of hydrogen-bond acceptors (Lipinski definition) is 4. The minimum Gasteiger partial charge on any atom is -0.357 e. The summed E-state index contributed by atoms with van der Waals surface area (Å²) in [7, 11) is 0. The van der Waals surface area contributed by atoms with E-state index in [4.69, 9.17) is 11.6 Å². The summed E-state index contributed by atoms with van der Waals surface area (Å²) < 4.78 is 0. The molecular weight excluding hydrogens is 344 g/mol. The van der Waals surface area contributed by atoms with Crippen molar-refractivity contribution in [1.29, 1.82) is 0 Å². The van der Waals surface area contributed by atoms with E-state index in [-0.39, 0.29) is 5.91 Å². The molecule has 2 aromatic heterocycles. The molecule has 5 nitrogen and oxygen atoms in total. The number of aromatic amines is 1. The Morgan fingerprint density at radius 3 is 2.88 bits per heavy atom. The van der Waals surface area contributed by atoms with Gasteiger partial charge in [-0.1, -0.05) is 35.5 Å². The van der Waals surface area contributed by atoms with Crippen molar-refractivity contribution in [2.45, 2.75) is 18.1 Å². The lowest BCUT2D eigenvalue weighted by atomic mass is 10.0. The van der Waals surface area contributed by atoms with E-state index in [1.165, 1.54) is 11.8 Å².